The first-order chi connectivity index (χ1) is 13.2. The normalized spacial score (nSPS) is 19.8. The SMILES string of the molecule is COc1ccc2[nH]c([S+]([O-])C(c3ccccn3)N3CCOCC3Cl)nc2n1.[NaH]. The minimum absolute atomic E-state index is 0. The van der Waals surface area contributed by atoms with Crippen molar-refractivity contribution < 1.29 is 14.0 Å². The Kier molecular flexibility index (Phi) is 7.57. The van der Waals surface area contributed by atoms with Gasteiger partial charge < -0.3 is 14.0 Å². The van der Waals surface area contributed by atoms with Gasteiger partial charge in [0.25, 0.3) is 0 Å². The number of imidazole rings is 1. The second-order valence-corrected chi connectivity index (χ2v) is 7.85. The molecule has 3 unspecified atom stereocenters. The van der Waals surface area contributed by atoms with E-state index >= 15 is 0 Å². The second-order valence-electron chi connectivity index (χ2n) is 5.92. The molecule has 4 rings (SSSR count). The summed E-state index contributed by atoms with van der Waals surface area (Å²) in [6, 6.07) is 9.04. The molecule has 11 heteroatoms. The molecule has 3 aromatic rings. The van der Waals surface area contributed by atoms with Crippen LogP contribution in [-0.4, -0.2) is 91.3 Å². The maximum absolute atomic E-state index is 13.5. The average molecular weight is 432 g/mol. The van der Waals surface area contributed by atoms with Crippen LogP contribution in [0.3, 0.4) is 0 Å². The molecule has 4 heterocycles. The van der Waals surface area contributed by atoms with Gasteiger partial charge in [0.05, 0.1) is 25.8 Å². The van der Waals surface area contributed by atoms with Gasteiger partial charge in [0.2, 0.25) is 11.3 Å². The molecule has 0 saturated carbocycles. The molecule has 144 valence electrons. The summed E-state index contributed by atoms with van der Waals surface area (Å²) < 4.78 is 24.0. The molecule has 1 fully saturated rings. The van der Waals surface area contributed by atoms with Crippen LogP contribution in [0.2, 0.25) is 0 Å². The Hall–Kier alpha value is -0.910. The van der Waals surface area contributed by atoms with Crippen LogP contribution in [0, 0.1) is 0 Å². The van der Waals surface area contributed by atoms with Gasteiger partial charge in [-0.05, 0) is 18.2 Å². The summed E-state index contributed by atoms with van der Waals surface area (Å²) in [6.07, 6.45) is 1.67. The van der Waals surface area contributed by atoms with Gasteiger partial charge in [0, 0.05) is 30.0 Å². The fourth-order valence-corrected chi connectivity index (χ4v) is 4.76. The third-order valence-corrected chi connectivity index (χ3v) is 6.12. The molecule has 8 nitrogen and oxygen atoms in total. The first kappa shape index (κ1) is 21.8. The van der Waals surface area contributed by atoms with Gasteiger partial charge >= 0.3 is 34.7 Å². The fraction of sp³-hybridized carbons (Fsp3) is 0.353. The Morgan fingerprint density at radius 3 is 2.93 bits per heavy atom. The minimum atomic E-state index is -1.56. The average Bonchev–Trinajstić information content (AvgIpc) is 3.13. The molecule has 3 aromatic heterocycles. The van der Waals surface area contributed by atoms with E-state index < -0.39 is 22.1 Å². The number of H-pyrrole nitrogens is 1. The summed E-state index contributed by atoms with van der Waals surface area (Å²) in [4.78, 5) is 18.1. The molecule has 0 aliphatic carbocycles. The Morgan fingerprint density at radius 1 is 1.36 bits per heavy atom. The molecule has 3 atom stereocenters. The molecule has 1 saturated heterocycles. The van der Waals surface area contributed by atoms with Crippen LogP contribution < -0.4 is 4.74 Å². The van der Waals surface area contributed by atoms with Gasteiger partial charge in [-0.2, -0.15) is 9.97 Å². The molecule has 0 spiro atoms. The summed E-state index contributed by atoms with van der Waals surface area (Å²) in [5, 5.41) is -0.239. The number of nitrogens with one attached hydrogen (secondary N) is 1. The molecule has 0 radical (unpaired) electrons. The van der Waals surface area contributed by atoms with Crippen LogP contribution in [0.25, 0.3) is 11.2 Å². The van der Waals surface area contributed by atoms with Crippen molar-refractivity contribution in [2.45, 2.75) is 16.0 Å². The van der Waals surface area contributed by atoms with E-state index in [1.165, 1.54) is 7.11 Å². The number of rotatable bonds is 5. The molecule has 1 N–H and O–H groups in total. The predicted molar refractivity (Wildman–Crippen MR) is 108 cm³/mol. The van der Waals surface area contributed by atoms with E-state index in [2.05, 4.69) is 19.9 Å². The maximum atomic E-state index is 13.5. The molecule has 1 aliphatic heterocycles. The first-order valence-corrected chi connectivity index (χ1v) is 10.0. The molecule has 0 bridgehead atoms. The zero-order valence-electron chi connectivity index (χ0n) is 14.5. The van der Waals surface area contributed by atoms with Gasteiger partial charge in [-0.15, -0.1) is 11.6 Å². The van der Waals surface area contributed by atoms with Gasteiger partial charge in [-0.1, -0.05) is 6.07 Å². The Bertz CT molecular complexity index is 918. The van der Waals surface area contributed by atoms with E-state index in [-0.39, 0.29) is 29.6 Å². The van der Waals surface area contributed by atoms with E-state index in [4.69, 9.17) is 21.1 Å². The fourth-order valence-electron chi connectivity index (χ4n) is 2.94. The number of halogens is 1. The summed E-state index contributed by atoms with van der Waals surface area (Å²) in [7, 11) is 1.54. The number of aromatic amines is 1. The number of ether oxygens (including phenoxy) is 2. The Labute approximate surface area is 192 Å². The van der Waals surface area contributed by atoms with E-state index in [9.17, 15) is 4.55 Å². The number of alkyl halides is 1. The van der Waals surface area contributed by atoms with Crippen molar-refractivity contribution in [2.75, 3.05) is 26.9 Å². The monoisotopic (exact) mass is 431 g/mol. The van der Waals surface area contributed by atoms with Gasteiger partial charge in [-0.3, -0.25) is 9.97 Å². The van der Waals surface area contributed by atoms with E-state index in [1.807, 2.05) is 23.1 Å². The van der Waals surface area contributed by atoms with Crippen molar-refractivity contribution >= 4 is 63.5 Å². The molecular formula is C17H19ClN5NaO3S. The molecule has 0 aromatic carbocycles. The molecule has 1 aliphatic rings. The van der Waals surface area contributed by atoms with Crippen molar-refractivity contribution in [1.29, 1.82) is 0 Å². The number of morpholine rings is 1. The zero-order chi connectivity index (χ0) is 18.8. The number of pyridine rings is 2. The molecule has 0 amide bonds. The topological polar surface area (TPSA) is 99.2 Å². The van der Waals surface area contributed by atoms with Crippen LogP contribution in [0.1, 0.15) is 11.1 Å². The van der Waals surface area contributed by atoms with Gasteiger partial charge in [0.15, 0.2) is 5.65 Å². The van der Waals surface area contributed by atoms with Crippen LogP contribution >= 0.6 is 11.6 Å². The van der Waals surface area contributed by atoms with Crippen molar-refractivity contribution in [1.82, 2.24) is 24.8 Å². The van der Waals surface area contributed by atoms with Gasteiger partial charge in [-0.25, -0.2) is 4.90 Å². The van der Waals surface area contributed by atoms with Crippen LogP contribution in [0.15, 0.2) is 41.7 Å². The van der Waals surface area contributed by atoms with E-state index in [1.54, 1.807) is 18.3 Å². The predicted octanol–water partition coefficient (Wildman–Crippen LogP) is 1.42. The Balaban J connectivity index is 0.00000225. The standard InChI is InChI=1S/C17H18ClN5O3S.Na.H/c1-25-14-6-5-11-15(21-14)22-17(20-11)27(24)16(12-4-2-3-7-19-12)23-8-9-26-10-13(23)18;;/h2-7,13,16H,8-10H2,1H3,(H,20,21,22);;. The summed E-state index contributed by atoms with van der Waals surface area (Å²) >= 11 is 4.90. The number of hydrogen-bond donors (Lipinski definition) is 1. The summed E-state index contributed by atoms with van der Waals surface area (Å²) in [6.45, 7) is 1.43. The third-order valence-electron chi connectivity index (χ3n) is 4.25. The first-order valence-electron chi connectivity index (χ1n) is 8.37. The van der Waals surface area contributed by atoms with Crippen LogP contribution in [0.4, 0.5) is 0 Å². The number of hydrogen-bond acceptors (Lipinski definition) is 7. The molecular weight excluding hydrogens is 413 g/mol. The molecule has 28 heavy (non-hydrogen) atoms. The number of aromatic nitrogens is 4. The Morgan fingerprint density at radius 2 is 2.21 bits per heavy atom. The van der Waals surface area contributed by atoms with Gasteiger partial charge in [0.1, 0.15) is 11.2 Å². The van der Waals surface area contributed by atoms with E-state index in [0.29, 0.717) is 47.7 Å². The van der Waals surface area contributed by atoms with Crippen molar-refractivity contribution in [3.63, 3.8) is 0 Å². The third kappa shape index (κ3) is 4.47. The van der Waals surface area contributed by atoms with Crippen molar-refractivity contribution in [3.8, 4) is 5.88 Å². The zero-order valence-corrected chi connectivity index (χ0v) is 16.1. The summed E-state index contributed by atoms with van der Waals surface area (Å²) in [5.74, 6) is 0.446. The number of nitrogens with zero attached hydrogens (tertiary/aromatic N) is 4. The second kappa shape index (κ2) is 9.73. The van der Waals surface area contributed by atoms with Crippen LogP contribution in [0.5, 0.6) is 5.88 Å². The van der Waals surface area contributed by atoms with E-state index in [0.717, 1.165) is 0 Å². The number of methoxy groups -OCH3 is 1. The summed E-state index contributed by atoms with van der Waals surface area (Å²) in [5.41, 5.74) is 1.39. The van der Waals surface area contributed by atoms with Crippen molar-refractivity contribution in [2.24, 2.45) is 0 Å². The van der Waals surface area contributed by atoms with Crippen LogP contribution in [-0.2, 0) is 15.9 Å². The van der Waals surface area contributed by atoms with Crippen molar-refractivity contribution in [3.05, 3.63) is 42.2 Å². The number of fused-ring (bicyclic) bond motifs is 1. The quantitative estimate of drug-likeness (QED) is 0.282.